The lowest BCUT2D eigenvalue weighted by molar-refractivity contribution is 0.0930. The van der Waals surface area contributed by atoms with E-state index in [0.717, 1.165) is 17.3 Å². The second kappa shape index (κ2) is 6.74. The van der Waals surface area contributed by atoms with Crippen molar-refractivity contribution in [3.63, 3.8) is 0 Å². The van der Waals surface area contributed by atoms with Gasteiger partial charge >= 0.3 is 0 Å². The Balaban J connectivity index is 1.95. The molecule has 4 nitrogen and oxygen atoms in total. The SMILES string of the molecule is CCCCCC(C)(C)CNC(=O)c1n[nH]c2ccccc12. The molecule has 114 valence electrons. The molecule has 0 aliphatic heterocycles. The van der Waals surface area contributed by atoms with Gasteiger partial charge in [-0.1, -0.05) is 58.2 Å². The van der Waals surface area contributed by atoms with E-state index in [-0.39, 0.29) is 11.3 Å². The normalized spacial score (nSPS) is 11.8. The molecule has 1 heterocycles. The lowest BCUT2D eigenvalue weighted by Gasteiger charge is -2.24. The van der Waals surface area contributed by atoms with Crippen LogP contribution in [0.25, 0.3) is 10.9 Å². The van der Waals surface area contributed by atoms with Crippen molar-refractivity contribution in [2.45, 2.75) is 46.5 Å². The minimum Gasteiger partial charge on any atom is -0.350 e. The van der Waals surface area contributed by atoms with Crippen LogP contribution in [0.15, 0.2) is 24.3 Å². The summed E-state index contributed by atoms with van der Waals surface area (Å²) in [5, 5.41) is 10.9. The van der Waals surface area contributed by atoms with E-state index in [1.807, 2.05) is 24.3 Å². The smallest absolute Gasteiger partial charge is 0.272 e. The van der Waals surface area contributed by atoms with E-state index in [0.29, 0.717) is 12.2 Å². The molecule has 2 aromatic rings. The van der Waals surface area contributed by atoms with Gasteiger partial charge in [-0.15, -0.1) is 0 Å². The summed E-state index contributed by atoms with van der Waals surface area (Å²) in [5.74, 6) is -0.101. The van der Waals surface area contributed by atoms with Crippen molar-refractivity contribution >= 4 is 16.8 Å². The number of carbonyl (C=O) groups excluding carboxylic acids is 1. The first kappa shape index (κ1) is 15.5. The number of unbranched alkanes of at least 4 members (excludes halogenated alkanes) is 2. The van der Waals surface area contributed by atoms with Gasteiger partial charge in [0.1, 0.15) is 0 Å². The largest absolute Gasteiger partial charge is 0.350 e. The third-order valence-corrected chi connectivity index (χ3v) is 3.87. The molecule has 1 amide bonds. The van der Waals surface area contributed by atoms with E-state index in [1.54, 1.807) is 0 Å². The molecule has 0 radical (unpaired) electrons. The predicted molar refractivity (Wildman–Crippen MR) is 86.3 cm³/mol. The minimum absolute atomic E-state index is 0.101. The zero-order valence-corrected chi connectivity index (χ0v) is 13.2. The van der Waals surface area contributed by atoms with Crippen molar-refractivity contribution in [1.82, 2.24) is 15.5 Å². The third kappa shape index (κ3) is 4.06. The van der Waals surface area contributed by atoms with Gasteiger partial charge in [-0.25, -0.2) is 0 Å². The molecule has 2 N–H and O–H groups in total. The molecule has 0 spiro atoms. The summed E-state index contributed by atoms with van der Waals surface area (Å²) in [6.45, 7) is 7.28. The summed E-state index contributed by atoms with van der Waals surface area (Å²) in [4.78, 5) is 12.3. The maximum Gasteiger partial charge on any atom is 0.272 e. The van der Waals surface area contributed by atoms with E-state index in [4.69, 9.17) is 0 Å². The van der Waals surface area contributed by atoms with E-state index in [9.17, 15) is 4.79 Å². The Labute approximate surface area is 126 Å². The zero-order chi connectivity index (χ0) is 15.3. The first-order valence-corrected chi connectivity index (χ1v) is 7.75. The van der Waals surface area contributed by atoms with Crippen LogP contribution in [0.5, 0.6) is 0 Å². The third-order valence-electron chi connectivity index (χ3n) is 3.87. The highest BCUT2D eigenvalue weighted by molar-refractivity contribution is 6.04. The zero-order valence-electron chi connectivity index (χ0n) is 13.2. The van der Waals surface area contributed by atoms with Crippen molar-refractivity contribution in [1.29, 1.82) is 0 Å². The van der Waals surface area contributed by atoms with E-state index in [1.165, 1.54) is 19.3 Å². The maximum absolute atomic E-state index is 12.3. The van der Waals surface area contributed by atoms with Crippen LogP contribution in [0.2, 0.25) is 0 Å². The fourth-order valence-corrected chi connectivity index (χ4v) is 2.48. The molecular weight excluding hydrogens is 262 g/mol. The Bertz CT molecular complexity index is 601. The highest BCUT2D eigenvalue weighted by Gasteiger charge is 2.20. The van der Waals surface area contributed by atoms with Gasteiger partial charge in [-0.05, 0) is 17.9 Å². The van der Waals surface area contributed by atoms with E-state index in [2.05, 4.69) is 36.3 Å². The van der Waals surface area contributed by atoms with Crippen LogP contribution in [0.4, 0.5) is 0 Å². The Morgan fingerprint density at radius 2 is 2.05 bits per heavy atom. The molecule has 0 bridgehead atoms. The number of aromatic amines is 1. The first-order chi connectivity index (χ1) is 10.0. The molecule has 0 saturated carbocycles. The minimum atomic E-state index is -0.101. The standard InChI is InChI=1S/C17H25N3O/c1-4-5-8-11-17(2,3)12-18-16(21)15-13-9-6-7-10-14(13)19-20-15/h6-7,9-10H,4-5,8,11-12H2,1-3H3,(H,18,21)(H,19,20). The summed E-state index contributed by atoms with van der Waals surface area (Å²) in [6, 6.07) is 7.69. The second-order valence-corrected chi connectivity index (χ2v) is 6.42. The number of benzene rings is 1. The molecule has 0 atom stereocenters. The molecular formula is C17H25N3O. The van der Waals surface area contributed by atoms with Gasteiger partial charge in [-0.2, -0.15) is 5.10 Å². The number of carbonyl (C=O) groups is 1. The van der Waals surface area contributed by atoms with Crippen molar-refractivity contribution in [2.24, 2.45) is 5.41 Å². The number of fused-ring (bicyclic) bond motifs is 1. The lowest BCUT2D eigenvalue weighted by atomic mass is 9.87. The van der Waals surface area contributed by atoms with Crippen LogP contribution in [0.1, 0.15) is 56.9 Å². The molecule has 1 aromatic heterocycles. The number of hydrogen-bond acceptors (Lipinski definition) is 2. The summed E-state index contributed by atoms with van der Waals surface area (Å²) >= 11 is 0. The van der Waals surface area contributed by atoms with Gasteiger partial charge in [0.15, 0.2) is 5.69 Å². The number of nitrogens with zero attached hydrogens (tertiary/aromatic N) is 1. The van der Waals surface area contributed by atoms with Gasteiger partial charge in [0.05, 0.1) is 5.52 Å². The second-order valence-electron chi connectivity index (χ2n) is 6.42. The van der Waals surface area contributed by atoms with Crippen LogP contribution in [0.3, 0.4) is 0 Å². The highest BCUT2D eigenvalue weighted by atomic mass is 16.1. The number of amides is 1. The summed E-state index contributed by atoms with van der Waals surface area (Å²) in [6.07, 6.45) is 4.82. The lowest BCUT2D eigenvalue weighted by Crippen LogP contribution is -2.34. The van der Waals surface area contributed by atoms with Crippen molar-refractivity contribution in [2.75, 3.05) is 6.54 Å². The van der Waals surface area contributed by atoms with Crippen LogP contribution in [0, 0.1) is 5.41 Å². The molecule has 0 aliphatic rings. The monoisotopic (exact) mass is 287 g/mol. The van der Waals surface area contributed by atoms with Gasteiger partial charge in [0.2, 0.25) is 0 Å². The Kier molecular flexibility index (Phi) is 4.99. The highest BCUT2D eigenvalue weighted by Crippen LogP contribution is 2.23. The van der Waals surface area contributed by atoms with Crippen LogP contribution in [-0.4, -0.2) is 22.6 Å². The number of para-hydroxylation sites is 1. The van der Waals surface area contributed by atoms with E-state index < -0.39 is 0 Å². The molecule has 4 heteroatoms. The fraction of sp³-hybridized carbons (Fsp3) is 0.529. The number of aromatic nitrogens is 2. The van der Waals surface area contributed by atoms with Gasteiger partial charge in [0.25, 0.3) is 5.91 Å². The van der Waals surface area contributed by atoms with Gasteiger partial charge < -0.3 is 5.32 Å². The van der Waals surface area contributed by atoms with Crippen LogP contribution >= 0.6 is 0 Å². The number of nitrogens with one attached hydrogen (secondary N) is 2. The van der Waals surface area contributed by atoms with Crippen LogP contribution in [-0.2, 0) is 0 Å². The van der Waals surface area contributed by atoms with Gasteiger partial charge in [-0.3, -0.25) is 9.89 Å². The van der Waals surface area contributed by atoms with Crippen LogP contribution < -0.4 is 5.32 Å². The number of H-pyrrole nitrogens is 1. The molecule has 0 unspecified atom stereocenters. The fourth-order valence-electron chi connectivity index (χ4n) is 2.48. The van der Waals surface area contributed by atoms with E-state index >= 15 is 0 Å². The first-order valence-electron chi connectivity index (χ1n) is 7.75. The summed E-state index contributed by atoms with van der Waals surface area (Å²) < 4.78 is 0. The molecule has 1 aromatic carbocycles. The van der Waals surface area contributed by atoms with Crippen molar-refractivity contribution in [3.8, 4) is 0 Å². The molecule has 21 heavy (non-hydrogen) atoms. The Morgan fingerprint density at radius 3 is 2.81 bits per heavy atom. The molecule has 0 aliphatic carbocycles. The summed E-state index contributed by atoms with van der Waals surface area (Å²) in [5.41, 5.74) is 1.50. The topological polar surface area (TPSA) is 57.8 Å². The summed E-state index contributed by atoms with van der Waals surface area (Å²) in [7, 11) is 0. The predicted octanol–water partition coefficient (Wildman–Crippen LogP) is 3.90. The average molecular weight is 287 g/mol. The van der Waals surface area contributed by atoms with Gasteiger partial charge in [0, 0.05) is 11.9 Å². The van der Waals surface area contributed by atoms with Crippen molar-refractivity contribution in [3.05, 3.63) is 30.0 Å². The molecule has 2 rings (SSSR count). The molecule has 0 fully saturated rings. The number of rotatable bonds is 7. The maximum atomic E-state index is 12.3. The Morgan fingerprint density at radius 1 is 1.29 bits per heavy atom. The van der Waals surface area contributed by atoms with Crippen molar-refractivity contribution < 1.29 is 4.79 Å². The Hall–Kier alpha value is -1.84. The number of hydrogen-bond donors (Lipinski definition) is 2. The molecule has 0 saturated heterocycles. The quantitative estimate of drug-likeness (QED) is 0.759. The average Bonchev–Trinajstić information content (AvgIpc) is 2.89.